The van der Waals surface area contributed by atoms with Crippen molar-refractivity contribution in [2.24, 2.45) is 4.99 Å². The fourth-order valence-corrected chi connectivity index (χ4v) is 5.88. The van der Waals surface area contributed by atoms with Crippen LogP contribution in [0, 0.1) is 0 Å². The van der Waals surface area contributed by atoms with Crippen LogP contribution in [0.1, 0.15) is 30.5 Å². The molecule has 1 N–H and O–H groups in total. The van der Waals surface area contributed by atoms with Gasteiger partial charge in [-0.15, -0.1) is 0 Å². The van der Waals surface area contributed by atoms with Crippen LogP contribution in [0.15, 0.2) is 79.5 Å². The Morgan fingerprint density at radius 2 is 1.67 bits per heavy atom. The molecule has 0 saturated carbocycles. The standard InChI is InChI=1S/C26H22Br2N2O2S/c1-3-16-9-5-7-11-21(16)29-26-30(22-12-8-6-10-17(22)4-2)25(32)23(33-26)14-18-13-19(27)15-20(28)24(18)31/h5-15,31H,3-4H2,1-2H3/b23-14-,29-26?. The molecule has 3 aromatic rings. The molecule has 0 bridgehead atoms. The van der Waals surface area contributed by atoms with Crippen LogP contribution in [0.5, 0.6) is 5.75 Å². The topological polar surface area (TPSA) is 52.9 Å². The van der Waals surface area contributed by atoms with Crippen LogP contribution in [-0.2, 0) is 17.6 Å². The van der Waals surface area contributed by atoms with Gasteiger partial charge in [-0.25, -0.2) is 4.99 Å². The summed E-state index contributed by atoms with van der Waals surface area (Å²) >= 11 is 8.14. The second-order valence-electron chi connectivity index (χ2n) is 7.44. The molecule has 1 aliphatic heterocycles. The second kappa shape index (κ2) is 10.3. The first-order valence-electron chi connectivity index (χ1n) is 10.6. The average molecular weight is 586 g/mol. The van der Waals surface area contributed by atoms with E-state index in [-0.39, 0.29) is 11.7 Å². The number of amides is 1. The molecule has 4 nitrogen and oxygen atoms in total. The van der Waals surface area contributed by atoms with Crippen molar-refractivity contribution in [2.45, 2.75) is 26.7 Å². The van der Waals surface area contributed by atoms with Gasteiger partial charge in [0, 0.05) is 10.0 Å². The summed E-state index contributed by atoms with van der Waals surface area (Å²) in [6.45, 7) is 4.17. The van der Waals surface area contributed by atoms with Crippen LogP contribution < -0.4 is 4.90 Å². The van der Waals surface area contributed by atoms with E-state index in [1.54, 1.807) is 23.1 Å². The van der Waals surface area contributed by atoms with Crippen LogP contribution in [0.2, 0.25) is 0 Å². The van der Waals surface area contributed by atoms with Crippen molar-refractivity contribution in [2.75, 3.05) is 4.90 Å². The van der Waals surface area contributed by atoms with Crippen LogP contribution in [-0.4, -0.2) is 16.2 Å². The third kappa shape index (κ3) is 4.95. The van der Waals surface area contributed by atoms with Gasteiger partial charge in [0.2, 0.25) is 0 Å². The Kier molecular flexibility index (Phi) is 7.41. The zero-order chi connectivity index (χ0) is 23.5. The van der Waals surface area contributed by atoms with Crippen molar-refractivity contribution >= 4 is 72.1 Å². The first-order chi connectivity index (χ1) is 15.9. The lowest BCUT2D eigenvalue weighted by Gasteiger charge is -2.19. The number of para-hydroxylation sites is 2. The van der Waals surface area contributed by atoms with Gasteiger partial charge in [0.1, 0.15) is 5.75 Å². The number of phenolic OH excluding ortho intramolecular Hbond substituents is 1. The van der Waals surface area contributed by atoms with Crippen molar-refractivity contribution in [3.05, 3.63) is 91.2 Å². The SMILES string of the molecule is CCc1ccccc1N=C1S/C(=C\c2cc(Br)cc(Br)c2O)C(=O)N1c1ccccc1CC. The predicted octanol–water partition coefficient (Wildman–Crippen LogP) is 7.85. The predicted molar refractivity (Wildman–Crippen MR) is 145 cm³/mol. The van der Waals surface area contributed by atoms with Gasteiger partial charge in [0.05, 0.1) is 20.8 Å². The fourth-order valence-electron chi connectivity index (χ4n) is 3.65. The highest BCUT2D eigenvalue weighted by atomic mass is 79.9. The number of aryl methyl sites for hydroxylation is 2. The second-order valence-corrected chi connectivity index (χ2v) is 10.2. The average Bonchev–Trinajstić information content (AvgIpc) is 3.11. The third-order valence-electron chi connectivity index (χ3n) is 5.35. The van der Waals surface area contributed by atoms with Gasteiger partial charge in [-0.05, 0) is 82.0 Å². The molecule has 1 aliphatic rings. The van der Waals surface area contributed by atoms with Crippen molar-refractivity contribution in [3.8, 4) is 5.75 Å². The zero-order valence-electron chi connectivity index (χ0n) is 18.2. The van der Waals surface area contributed by atoms with Crippen LogP contribution in [0.4, 0.5) is 11.4 Å². The number of benzene rings is 3. The molecule has 0 unspecified atom stereocenters. The summed E-state index contributed by atoms with van der Waals surface area (Å²) in [4.78, 5) is 20.8. The van der Waals surface area contributed by atoms with Gasteiger partial charge in [-0.1, -0.05) is 66.2 Å². The van der Waals surface area contributed by atoms with E-state index in [1.807, 2.05) is 42.5 Å². The van der Waals surface area contributed by atoms with Gasteiger partial charge >= 0.3 is 0 Å². The molecule has 168 valence electrons. The van der Waals surface area contributed by atoms with Crippen molar-refractivity contribution in [3.63, 3.8) is 0 Å². The molecular weight excluding hydrogens is 564 g/mol. The minimum absolute atomic E-state index is 0.0846. The number of rotatable bonds is 5. The maximum atomic E-state index is 13.7. The Hall–Kier alpha value is -2.35. The monoisotopic (exact) mass is 584 g/mol. The lowest BCUT2D eigenvalue weighted by Crippen LogP contribution is -2.29. The van der Waals surface area contributed by atoms with Gasteiger partial charge in [0.15, 0.2) is 5.17 Å². The van der Waals surface area contributed by atoms with E-state index in [9.17, 15) is 9.90 Å². The number of thioether (sulfide) groups is 1. The number of hydrogen-bond acceptors (Lipinski definition) is 4. The molecule has 1 amide bonds. The molecular formula is C26H22Br2N2O2S. The summed E-state index contributed by atoms with van der Waals surface area (Å²) < 4.78 is 1.35. The Balaban J connectivity index is 1.87. The lowest BCUT2D eigenvalue weighted by molar-refractivity contribution is -0.113. The van der Waals surface area contributed by atoms with E-state index in [0.29, 0.717) is 20.1 Å². The van der Waals surface area contributed by atoms with Crippen LogP contribution in [0.25, 0.3) is 6.08 Å². The number of anilines is 1. The summed E-state index contributed by atoms with van der Waals surface area (Å²) in [5.41, 5.74) is 4.41. The smallest absolute Gasteiger partial charge is 0.271 e. The van der Waals surface area contributed by atoms with Gasteiger partial charge in [-0.3, -0.25) is 9.69 Å². The summed E-state index contributed by atoms with van der Waals surface area (Å²) in [5, 5.41) is 11.1. The minimum Gasteiger partial charge on any atom is -0.506 e. The van der Waals surface area contributed by atoms with Crippen LogP contribution >= 0.6 is 43.6 Å². The molecule has 1 fully saturated rings. The number of amidine groups is 1. The Bertz CT molecular complexity index is 1290. The first-order valence-corrected chi connectivity index (χ1v) is 13.0. The van der Waals surface area contributed by atoms with Crippen molar-refractivity contribution in [1.29, 1.82) is 0 Å². The highest BCUT2D eigenvalue weighted by Crippen LogP contribution is 2.41. The molecule has 4 rings (SSSR count). The number of aromatic hydroxyl groups is 1. The van der Waals surface area contributed by atoms with Crippen molar-refractivity contribution < 1.29 is 9.90 Å². The highest BCUT2D eigenvalue weighted by molar-refractivity contribution is 9.11. The minimum atomic E-state index is -0.163. The van der Waals surface area contributed by atoms with Crippen molar-refractivity contribution in [1.82, 2.24) is 0 Å². The maximum absolute atomic E-state index is 13.7. The molecule has 3 aromatic carbocycles. The van der Waals surface area contributed by atoms with Crippen LogP contribution in [0.3, 0.4) is 0 Å². The first kappa shape index (κ1) is 23.8. The van der Waals surface area contributed by atoms with Gasteiger partial charge in [-0.2, -0.15) is 0 Å². The van der Waals surface area contributed by atoms with E-state index in [0.717, 1.165) is 39.8 Å². The molecule has 0 atom stereocenters. The zero-order valence-corrected chi connectivity index (χ0v) is 22.2. The van der Waals surface area contributed by atoms with E-state index in [2.05, 4.69) is 51.8 Å². The quantitative estimate of drug-likeness (QED) is 0.310. The lowest BCUT2D eigenvalue weighted by atomic mass is 10.1. The van der Waals surface area contributed by atoms with E-state index < -0.39 is 0 Å². The van der Waals surface area contributed by atoms with Gasteiger partial charge < -0.3 is 5.11 Å². The third-order valence-corrected chi connectivity index (χ3v) is 7.38. The van der Waals surface area contributed by atoms with Gasteiger partial charge in [0.25, 0.3) is 5.91 Å². The Labute approximate surface area is 214 Å². The van der Waals surface area contributed by atoms with E-state index in [1.165, 1.54) is 11.8 Å². The number of nitrogens with zero attached hydrogens (tertiary/aromatic N) is 2. The number of phenols is 1. The number of aliphatic imine (C=N–C) groups is 1. The largest absolute Gasteiger partial charge is 0.506 e. The molecule has 33 heavy (non-hydrogen) atoms. The molecule has 7 heteroatoms. The summed E-state index contributed by atoms with van der Waals surface area (Å²) in [7, 11) is 0. The number of carbonyl (C=O) groups is 1. The van der Waals surface area contributed by atoms with E-state index in [4.69, 9.17) is 4.99 Å². The molecule has 0 aliphatic carbocycles. The Morgan fingerprint density at radius 3 is 2.39 bits per heavy atom. The Morgan fingerprint density at radius 1 is 1.00 bits per heavy atom. The highest BCUT2D eigenvalue weighted by Gasteiger charge is 2.36. The molecule has 0 spiro atoms. The summed E-state index contributed by atoms with van der Waals surface area (Å²) in [6.07, 6.45) is 3.36. The summed E-state index contributed by atoms with van der Waals surface area (Å²) in [5.74, 6) is -0.0783. The fraction of sp³-hybridized carbons (Fsp3) is 0.154. The maximum Gasteiger partial charge on any atom is 0.271 e. The molecule has 1 saturated heterocycles. The summed E-state index contributed by atoms with van der Waals surface area (Å²) in [6, 6.07) is 19.4. The number of halogens is 2. The normalized spacial score (nSPS) is 16.2. The molecule has 0 aromatic heterocycles. The molecule has 0 radical (unpaired) electrons. The number of carbonyl (C=O) groups excluding carboxylic acids is 1. The van der Waals surface area contributed by atoms with E-state index >= 15 is 0 Å². The molecule has 1 heterocycles. The number of hydrogen-bond donors (Lipinski definition) is 1.